The molecule has 0 unspecified atom stereocenters. The highest BCUT2D eigenvalue weighted by Gasteiger charge is 2.36. The number of ether oxygens (including phenoxy) is 2. The Bertz CT molecular complexity index is 2510. The molecule has 6 aromatic rings. The third kappa shape index (κ3) is 6.53. The van der Waals surface area contributed by atoms with Crippen LogP contribution >= 0.6 is 11.3 Å². The van der Waals surface area contributed by atoms with E-state index in [1.165, 1.54) is 16.9 Å². The van der Waals surface area contributed by atoms with Crippen LogP contribution in [0.3, 0.4) is 0 Å². The average molecular weight is 723 g/mol. The molecule has 0 saturated carbocycles. The van der Waals surface area contributed by atoms with Gasteiger partial charge in [-0.05, 0) is 81.3 Å². The monoisotopic (exact) mass is 722 g/mol. The summed E-state index contributed by atoms with van der Waals surface area (Å²) in [5, 5.41) is 0. The van der Waals surface area contributed by atoms with Crippen molar-refractivity contribution in [3.63, 3.8) is 0 Å². The first-order valence-corrected chi connectivity index (χ1v) is 18.6. The number of aryl methyl sites for hydroxylation is 1. The highest BCUT2D eigenvalue weighted by atomic mass is 32.1. The second-order valence-electron chi connectivity index (χ2n) is 12.9. The SMILES string of the molecule is CCN(CC)C(=O)C1=C(C)N=c2s/c(=C/c3cc(-c4ccccc4)n(-c4ccc(C)cc4)c3-c3ccccc3)c(=O)n2[C@H]1c1cc(OC)ccc1OC. The summed E-state index contributed by atoms with van der Waals surface area (Å²) < 4.78 is 15.9. The number of rotatable bonds is 10. The van der Waals surface area contributed by atoms with E-state index in [0.717, 1.165) is 33.8 Å². The van der Waals surface area contributed by atoms with E-state index in [0.29, 0.717) is 50.8 Å². The zero-order valence-electron chi connectivity index (χ0n) is 30.8. The molecule has 1 aliphatic rings. The van der Waals surface area contributed by atoms with Crippen LogP contribution in [-0.2, 0) is 4.79 Å². The van der Waals surface area contributed by atoms with Crippen molar-refractivity contribution in [2.45, 2.75) is 33.7 Å². The zero-order valence-corrected chi connectivity index (χ0v) is 31.6. The second-order valence-corrected chi connectivity index (χ2v) is 13.9. The van der Waals surface area contributed by atoms with Gasteiger partial charge < -0.3 is 18.9 Å². The normalized spacial score (nSPS) is 14.2. The summed E-state index contributed by atoms with van der Waals surface area (Å²) in [6.45, 7) is 8.85. The van der Waals surface area contributed by atoms with Gasteiger partial charge in [0.1, 0.15) is 17.5 Å². The van der Waals surface area contributed by atoms with Crippen LogP contribution in [0.1, 0.15) is 43.5 Å². The maximum atomic E-state index is 14.9. The number of fused-ring (bicyclic) bond motifs is 1. The smallest absolute Gasteiger partial charge is 0.271 e. The summed E-state index contributed by atoms with van der Waals surface area (Å²) >= 11 is 1.32. The van der Waals surface area contributed by atoms with Crippen LogP contribution < -0.4 is 24.4 Å². The van der Waals surface area contributed by atoms with Gasteiger partial charge in [-0.2, -0.15) is 0 Å². The molecule has 3 heterocycles. The van der Waals surface area contributed by atoms with Crippen LogP contribution in [0.25, 0.3) is 34.3 Å². The van der Waals surface area contributed by atoms with Gasteiger partial charge in [0.25, 0.3) is 11.5 Å². The maximum Gasteiger partial charge on any atom is 0.271 e. The Labute approximate surface area is 313 Å². The molecule has 0 spiro atoms. The molecule has 0 N–H and O–H groups in total. The number of likely N-dealkylation sites (N-methyl/N-ethyl adjacent to an activating group) is 1. The number of nitrogens with zero attached hydrogens (tertiary/aromatic N) is 4. The first-order chi connectivity index (χ1) is 25.8. The predicted octanol–water partition coefficient (Wildman–Crippen LogP) is 7.55. The minimum absolute atomic E-state index is 0.172. The Hall–Kier alpha value is -5.93. The molecule has 0 aliphatic carbocycles. The number of hydrogen-bond acceptors (Lipinski definition) is 6. The molecule has 53 heavy (non-hydrogen) atoms. The van der Waals surface area contributed by atoms with Crippen LogP contribution in [0, 0.1) is 6.92 Å². The van der Waals surface area contributed by atoms with Gasteiger partial charge in [-0.1, -0.05) is 89.7 Å². The van der Waals surface area contributed by atoms with Gasteiger partial charge in [-0.25, -0.2) is 4.99 Å². The van der Waals surface area contributed by atoms with E-state index in [1.807, 2.05) is 81.4 Å². The van der Waals surface area contributed by atoms with Gasteiger partial charge in [0.2, 0.25) is 0 Å². The van der Waals surface area contributed by atoms with Gasteiger partial charge >= 0.3 is 0 Å². The number of carbonyl (C=O) groups is 1. The summed E-state index contributed by atoms with van der Waals surface area (Å²) in [6.07, 6.45) is 1.97. The lowest BCUT2D eigenvalue weighted by molar-refractivity contribution is -0.127. The fourth-order valence-electron chi connectivity index (χ4n) is 7.08. The summed E-state index contributed by atoms with van der Waals surface area (Å²) in [6, 6.07) is 35.8. The van der Waals surface area contributed by atoms with E-state index < -0.39 is 6.04 Å². The lowest BCUT2D eigenvalue weighted by Gasteiger charge is -2.30. The molecule has 7 rings (SSSR count). The van der Waals surface area contributed by atoms with Crippen molar-refractivity contribution < 1.29 is 14.3 Å². The zero-order chi connectivity index (χ0) is 37.2. The number of thiazole rings is 1. The van der Waals surface area contributed by atoms with Gasteiger partial charge in [-0.15, -0.1) is 0 Å². The standard InChI is InChI=1S/C44H42N4O4S/c1-7-46(8-2)43(50)39-29(4)45-44-48(41(39)35-27-34(51-5)23-24-37(35)52-6)42(49)38(53-44)26-32-25-36(30-15-11-9-12-16-30)47(33-21-19-28(3)20-22-33)40(32)31-17-13-10-14-18-31/h9-27,41H,7-8H2,1-6H3/b38-26+/t41-/m0/s1. The van der Waals surface area contributed by atoms with E-state index in [1.54, 1.807) is 23.7 Å². The summed E-state index contributed by atoms with van der Waals surface area (Å²) in [5.41, 5.74) is 8.46. The lowest BCUT2D eigenvalue weighted by atomic mass is 9.93. The van der Waals surface area contributed by atoms with Crippen LogP contribution in [-0.4, -0.2) is 47.3 Å². The van der Waals surface area contributed by atoms with Gasteiger partial charge in [0.05, 0.1) is 41.4 Å². The van der Waals surface area contributed by atoms with Gasteiger partial charge in [0, 0.05) is 29.9 Å². The van der Waals surface area contributed by atoms with E-state index >= 15 is 0 Å². The molecule has 1 amide bonds. The highest BCUT2D eigenvalue weighted by molar-refractivity contribution is 7.07. The van der Waals surface area contributed by atoms with Crippen molar-refractivity contribution in [1.29, 1.82) is 0 Å². The Balaban J connectivity index is 1.53. The largest absolute Gasteiger partial charge is 0.497 e. The fraction of sp³-hybridized carbons (Fsp3) is 0.205. The molecule has 2 aromatic heterocycles. The summed E-state index contributed by atoms with van der Waals surface area (Å²) in [4.78, 5) is 36.4. The Morgan fingerprint density at radius 2 is 1.51 bits per heavy atom. The fourth-order valence-corrected chi connectivity index (χ4v) is 8.12. The van der Waals surface area contributed by atoms with E-state index in [4.69, 9.17) is 14.5 Å². The average Bonchev–Trinajstić information content (AvgIpc) is 3.71. The molecule has 1 atom stereocenters. The summed E-state index contributed by atoms with van der Waals surface area (Å²) in [7, 11) is 3.18. The molecule has 1 aliphatic heterocycles. The molecule has 0 fully saturated rings. The molecule has 0 radical (unpaired) electrons. The van der Waals surface area contributed by atoms with E-state index in [2.05, 4.69) is 66.1 Å². The lowest BCUT2D eigenvalue weighted by Crippen LogP contribution is -2.43. The minimum atomic E-state index is -0.794. The first-order valence-electron chi connectivity index (χ1n) is 17.7. The van der Waals surface area contributed by atoms with Crippen molar-refractivity contribution in [3.05, 3.63) is 157 Å². The Kier molecular flexibility index (Phi) is 10.0. The number of benzene rings is 4. The van der Waals surface area contributed by atoms with Crippen molar-refractivity contribution in [2.24, 2.45) is 4.99 Å². The first kappa shape index (κ1) is 35.5. The molecule has 8 nitrogen and oxygen atoms in total. The topological polar surface area (TPSA) is 78.1 Å². The highest BCUT2D eigenvalue weighted by Crippen LogP contribution is 2.39. The molecule has 0 bridgehead atoms. The quantitative estimate of drug-likeness (QED) is 0.146. The Morgan fingerprint density at radius 1 is 0.849 bits per heavy atom. The minimum Gasteiger partial charge on any atom is -0.497 e. The van der Waals surface area contributed by atoms with E-state index in [-0.39, 0.29) is 11.5 Å². The number of allylic oxidation sites excluding steroid dienone is 1. The molecule has 268 valence electrons. The number of methoxy groups -OCH3 is 2. The van der Waals surface area contributed by atoms with Crippen molar-refractivity contribution >= 4 is 23.3 Å². The summed E-state index contributed by atoms with van der Waals surface area (Å²) in [5.74, 6) is 0.957. The number of carbonyl (C=O) groups excluding carboxylic acids is 1. The number of hydrogen-bond donors (Lipinski definition) is 0. The maximum absolute atomic E-state index is 14.9. The van der Waals surface area contributed by atoms with Crippen molar-refractivity contribution in [1.82, 2.24) is 14.0 Å². The molecule has 0 saturated heterocycles. The predicted molar refractivity (Wildman–Crippen MR) is 213 cm³/mol. The number of amides is 1. The molecular weight excluding hydrogens is 681 g/mol. The van der Waals surface area contributed by atoms with Gasteiger partial charge in [0.15, 0.2) is 4.80 Å². The van der Waals surface area contributed by atoms with Crippen molar-refractivity contribution in [3.8, 4) is 39.7 Å². The van der Waals surface area contributed by atoms with Crippen LogP contribution in [0.15, 0.2) is 130 Å². The van der Waals surface area contributed by atoms with E-state index in [9.17, 15) is 9.59 Å². The van der Waals surface area contributed by atoms with Crippen LogP contribution in [0.5, 0.6) is 11.5 Å². The third-order valence-electron chi connectivity index (χ3n) is 9.76. The molecular formula is C44H42N4O4S. The molecule has 9 heteroatoms. The van der Waals surface area contributed by atoms with Crippen LogP contribution in [0.2, 0.25) is 0 Å². The third-order valence-corrected chi connectivity index (χ3v) is 10.7. The Morgan fingerprint density at radius 3 is 2.13 bits per heavy atom. The molecule has 4 aromatic carbocycles. The number of aromatic nitrogens is 2. The van der Waals surface area contributed by atoms with Gasteiger partial charge in [-0.3, -0.25) is 14.2 Å². The van der Waals surface area contributed by atoms with Crippen LogP contribution in [0.4, 0.5) is 0 Å². The second kappa shape index (κ2) is 15.0. The van der Waals surface area contributed by atoms with Crippen molar-refractivity contribution in [2.75, 3.05) is 27.3 Å².